The molecule has 0 aromatic carbocycles. The highest BCUT2D eigenvalue weighted by molar-refractivity contribution is 14.0. The van der Waals surface area contributed by atoms with Gasteiger partial charge in [-0.05, 0) is 40.5 Å². The molecule has 0 aromatic heterocycles. The molecule has 0 radical (unpaired) electrons. The number of nitrogens with zero attached hydrogens (tertiary/aromatic N) is 3. The van der Waals surface area contributed by atoms with E-state index in [9.17, 15) is 0 Å². The highest BCUT2D eigenvalue weighted by Gasteiger charge is 2.42. The molecule has 1 spiro atoms. The number of halogens is 1. The maximum absolute atomic E-state index is 5.62. The number of likely N-dealkylation sites (tertiary alicyclic amines) is 1. The number of nitrogens with one attached hydrogen (secondary N) is 1. The van der Waals surface area contributed by atoms with E-state index in [0.29, 0.717) is 17.5 Å². The van der Waals surface area contributed by atoms with E-state index >= 15 is 0 Å². The van der Waals surface area contributed by atoms with Crippen LogP contribution in [0.5, 0.6) is 0 Å². The Morgan fingerprint density at radius 3 is 2.48 bits per heavy atom. The summed E-state index contributed by atoms with van der Waals surface area (Å²) >= 11 is 0. The second kappa shape index (κ2) is 9.42. The Balaban J connectivity index is 0.00000264. The molecule has 2 heterocycles. The van der Waals surface area contributed by atoms with Gasteiger partial charge < -0.3 is 15.0 Å². The fourth-order valence-corrected chi connectivity index (χ4v) is 3.83. The smallest absolute Gasteiger partial charge is 0.193 e. The normalized spacial score (nSPS) is 25.0. The third-order valence-electron chi connectivity index (χ3n) is 5.11. The van der Waals surface area contributed by atoms with Crippen molar-refractivity contribution in [2.75, 3.05) is 46.4 Å². The summed E-state index contributed by atoms with van der Waals surface area (Å²) in [7, 11) is 1.89. The van der Waals surface area contributed by atoms with Crippen LogP contribution < -0.4 is 5.32 Å². The van der Waals surface area contributed by atoms with Crippen molar-refractivity contribution in [1.82, 2.24) is 15.1 Å². The molecule has 5 nitrogen and oxygen atoms in total. The van der Waals surface area contributed by atoms with Gasteiger partial charge in [-0.15, -0.1) is 24.0 Å². The zero-order valence-electron chi connectivity index (χ0n) is 15.5. The van der Waals surface area contributed by atoms with Gasteiger partial charge >= 0.3 is 0 Å². The Kier molecular flexibility index (Phi) is 8.58. The largest absolute Gasteiger partial charge is 0.381 e. The number of hydrogen-bond acceptors (Lipinski definition) is 3. The predicted molar refractivity (Wildman–Crippen MR) is 108 cm³/mol. The van der Waals surface area contributed by atoms with Crippen LogP contribution in [0.15, 0.2) is 4.99 Å². The van der Waals surface area contributed by atoms with Gasteiger partial charge in [0, 0.05) is 57.3 Å². The van der Waals surface area contributed by atoms with Crippen molar-refractivity contribution >= 4 is 29.9 Å². The first-order chi connectivity index (χ1) is 10.5. The van der Waals surface area contributed by atoms with Crippen molar-refractivity contribution in [3.63, 3.8) is 0 Å². The second-order valence-corrected chi connectivity index (χ2v) is 7.37. The van der Waals surface area contributed by atoms with Crippen molar-refractivity contribution in [3.8, 4) is 0 Å². The molecule has 136 valence electrons. The van der Waals surface area contributed by atoms with Gasteiger partial charge in [-0.2, -0.15) is 0 Å². The molecule has 0 saturated carbocycles. The van der Waals surface area contributed by atoms with Gasteiger partial charge in [0.25, 0.3) is 0 Å². The predicted octanol–water partition coefficient (Wildman–Crippen LogP) is 2.41. The Hall–Kier alpha value is -0.0800. The molecule has 23 heavy (non-hydrogen) atoms. The topological polar surface area (TPSA) is 40.1 Å². The molecule has 1 atom stereocenters. The van der Waals surface area contributed by atoms with Crippen LogP contribution in [0.3, 0.4) is 0 Å². The van der Waals surface area contributed by atoms with Gasteiger partial charge in [-0.3, -0.25) is 9.89 Å². The third kappa shape index (κ3) is 5.46. The minimum absolute atomic E-state index is 0. The number of guanidine groups is 1. The minimum Gasteiger partial charge on any atom is -0.381 e. The van der Waals surface area contributed by atoms with Crippen LogP contribution in [0, 0.1) is 5.41 Å². The van der Waals surface area contributed by atoms with E-state index in [-0.39, 0.29) is 24.0 Å². The van der Waals surface area contributed by atoms with E-state index in [0.717, 1.165) is 45.4 Å². The Labute approximate surface area is 159 Å². The van der Waals surface area contributed by atoms with Crippen molar-refractivity contribution in [1.29, 1.82) is 0 Å². The lowest BCUT2D eigenvalue weighted by molar-refractivity contribution is 0.156. The average molecular weight is 438 g/mol. The van der Waals surface area contributed by atoms with E-state index in [1.54, 1.807) is 0 Å². The molecule has 0 bridgehead atoms. The molecular weight excluding hydrogens is 403 g/mol. The molecular formula is C17H35IN4O. The molecule has 6 heteroatoms. The molecule has 2 rings (SSSR count). The molecule has 2 fully saturated rings. The molecule has 2 saturated heterocycles. The first-order valence-electron chi connectivity index (χ1n) is 8.76. The zero-order chi connectivity index (χ0) is 16.2. The minimum atomic E-state index is 0. The van der Waals surface area contributed by atoms with Gasteiger partial charge in [-0.1, -0.05) is 0 Å². The van der Waals surface area contributed by atoms with Crippen molar-refractivity contribution in [3.05, 3.63) is 0 Å². The van der Waals surface area contributed by atoms with E-state index < -0.39 is 0 Å². The first kappa shape index (κ1) is 21.0. The van der Waals surface area contributed by atoms with Crippen molar-refractivity contribution in [2.45, 2.75) is 52.6 Å². The number of ether oxygens (including phenoxy) is 1. The molecule has 0 amide bonds. The molecule has 0 aromatic rings. The summed E-state index contributed by atoms with van der Waals surface area (Å²) in [6.45, 7) is 15.1. The fourth-order valence-electron chi connectivity index (χ4n) is 3.83. The van der Waals surface area contributed by atoms with Crippen LogP contribution in [-0.2, 0) is 4.74 Å². The van der Waals surface area contributed by atoms with Gasteiger partial charge in [0.15, 0.2) is 5.96 Å². The van der Waals surface area contributed by atoms with Gasteiger partial charge in [-0.25, -0.2) is 0 Å². The zero-order valence-corrected chi connectivity index (χ0v) is 17.8. The van der Waals surface area contributed by atoms with Crippen LogP contribution >= 0.6 is 24.0 Å². The lowest BCUT2D eigenvalue weighted by atomic mass is 9.87. The highest BCUT2D eigenvalue weighted by Crippen LogP contribution is 2.38. The summed E-state index contributed by atoms with van der Waals surface area (Å²) in [5, 5.41) is 3.55. The van der Waals surface area contributed by atoms with E-state index in [1.807, 2.05) is 7.05 Å². The third-order valence-corrected chi connectivity index (χ3v) is 5.11. The molecule has 1 N–H and O–H groups in total. The number of hydrogen-bond donors (Lipinski definition) is 1. The number of aliphatic imine (C=N–C) groups is 1. The molecule has 2 aliphatic heterocycles. The maximum Gasteiger partial charge on any atom is 0.193 e. The second-order valence-electron chi connectivity index (χ2n) is 7.37. The monoisotopic (exact) mass is 438 g/mol. The SMILES string of the molecule is CN=C(NCCN(C(C)C)C(C)C)N1CCC2(CCOC2)C1.I. The van der Waals surface area contributed by atoms with Gasteiger partial charge in [0.2, 0.25) is 0 Å². The lowest BCUT2D eigenvalue weighted by Crippen LogP contribution is -2.46. The number of rotatable bonds is 5. The van der Waals surface area contributed by atoms with Crippen molar-refractivity contribution in [2.24, 2.45) is 10.4 Å². The maximum atomic E-state index is 5.62. The summed E-state index contributed by atoms with van der Waals surface area (Å²) in [6, 6.07) is 1.16. The van der Waals surface area contributed by atoms with Crippen LogP contribution in [0.1, 0.15) is 40.5 Å². The van der Waals surface area contributed by atoms with E-state index in [1.165, 1.54) is 12.8 Å². The fraction of sp³-hybridized carbons (Fsp3) is 0.941. The standard InChI is InChI=1S/C17H34N4O.HI/c1-14(2)21(15(3)4)10-8-19-16(18-5)20-9-6-17(12-20)7-11-22-13-17;/h14-15H,6-13H2,1-5H3,(H,18,19);1H. The Bertz CT molecular complexity index is 373. The van der Waals surface area contributed by atoms with Gasteiger partial charge in [0.05, 0.1) is 6.61 Å². The van der Waals surface area contributed by atoms with E-state index in [2.05, 4.69) is 47.8 Å². The quantitative estimate of drug-likeness (QED) is 0.407. The van der Waals surface area contributed by atoms with Crippen LogP contribution in [0.4, 0.5) is 0 Å². The highest BCUT2D eigenvalue weighted by atomic mass is 127. The van der Waals surface area contributed by atoms with Gasteiger partial charge in [0.1, 0.15) is 0 Å². The first-order valence-corrected chi connectivity index (χ1v) is 8.76. The lowest BCUT2D eigenvalue weighted by Gasteiger charge is -2.31. The van der Waals surface area contributed by atoms with Crippen molar-refractivity contribution < 1.29 is 4.74 Å². The molecule has 1 unspecified atom stereocenters. The Morgan fingerprint density at radius 1 is 1.26 bits per heavy atom. The van der Waals surface area contributed by atoms with E-state index in [4.69, 9.17) is 4.74 Å². The summed E-state index contributed by atoms with van der Waals surface area (Å²) in [5.41, 5.74) is 0.388. The Morgan fingerprint density at radius 2 is 1.96 bits per heavy atom. The average Bonchev–Trinajstić information content (AvgIpc) is 3.09. The summed E-state index contributed by atoms with van der Waals surface area (Å²) < 4.78 is 5.62. The summed E-state index contributed by atoms with van der Waals surface area (Å²) in [5.74, 6) is 1.05. The van der Waals surface area contributed by atoms with Crippen LogP contribution in [-0.4, -0.2) is 74.3 Å². The summed E-state index contributed by atoms with van der Waals surface area (Å²) in [4.78, 5) is 9.40. The molecule has 2 aliphatic rings. The van der Waals surface area contributed by atoms with Crippen LogP contribution in [0.2, 0.25) is 0 Å². The summed E-state index contributed by atoms with van der Waals surface area (Å²) in [6.07, 6.45) is 2.44. The van der Waals surface area contributed by atoms with Crippen LogP contribution in [0.25, 0.3) is 0 Å². The molecule has 0 aliphatic carbocycles.